The molecule has 33 heavy (non-hydrogen) atoms. The maximum absolute atomic E-state index is 6.43. The molecule has 0 unspecified atom stereocenters. The molecule has 0 amide bonds. The van der Waals surface area contributed by atoms with Crippen molar-refractivity contribution in [3.8, 4) is 17.2 Å². The van der Waals surface area contributed by atoms with E-state index in [1.54, 1.807) is 25.5 Å². The third-order valence-electron chi connectivity index (χ3n) is 4.74. The van der Waals surface area contributed by atoms with Crippen molar-refractivity contribution in [1.82, 2.24) is 5.43 Å². The third-order valence-corrected chi connectivity index (χ3v) is 5.21. The normalized spacial score (nSPS) is 10.7. The highest BCUT2D eigenvalue weighted by Crippen LogP contribution is 2.36. The van der Waals surface area contributed by atoms with Gasteiger partial charge in [-0.3, -0.25) is 5.43 Å². The van der Waals surface area contributed by atoms with Gasteiger partial charge < -0.3 is 19.5 Å². The van der Waals surface area contributed by atoms with Crippen LogP contribution in [-0.4, -0.2) is 31.7 Å². The quantitative estimate of drug-likeness (QED) is 0.175. The zero-order valence-corrected chi connectivity index (χ0v) is 20.3. The Bertz CT molecular complexity index is 1120. The number of hydrazone groups is 1. The SMILES string of the molecule is COc1cc(/C=N\NC(=S)Nc2ccccc2)cc(Cl)c1OCCOc1ccc(C)c(C)c1. The topological polar surface area (TPSA) is 64.1 Å². The van der Waals surface area contributed by atoms with Crippen LogP contribution in [0.5, 0.6) is 17.2 Å². The van der Waals surface area contributed by atoms with E-state index < -0.39 is 0 Å². The van der Waals surface area contributed by atoms with Gasteiger partial charge in [0.05, 0.1) is 18.3 Å². The second kappa shape index (κ2) is 12.1. The summed E-state index contributed by atoms with van der Waals surface area (Å²) in [5.41, 5.74) is 6.78. The Kier molecular flexibility index (Phi) is 8.92. The van der Waals surface area contributed by atoms with E-state index in [0.29, 0.717) is 34.8 Å². The predicted molar refractivity (Wildman–Crippen MR) is 138 cm³/mol. The molecular weight excluding hydrogens is 458 g/mol. The number of anilines is 1. The highest BCUT2D eigenvalue weighted by Gasteiger charge is 2.12. The molecule has 0 aliphatic rings. The van der Waals surface area contributed by atoms with Crippen LogP contribution in [0.25, 0.3) is 0 Å². The number of rotatable bonds is 9. The fourth-order valence-corrected chi connectivity index (χ4v) is 3.35. The molecular formula is C25H26ClN3O3S. The maximum atomic E-state index is 6.43. The summed E-state index contributed by atoms with van der Waals surface area (Å²) in [6, 6.07) is 19.1. The van der Waals surface area contributed by atoms with Crippen molar-refractivity contribution >= 4 is 40.8 Å². The minimum Gasteiger partial charge on any atom is -0.493 e. The Morgan fingerprint density at radius 2 is 1.76 bits per heavy atom. The number of hydrogen-bond acceptors (Lipinski definition) is 5. The Balaban J connectivity index is 1.54. The van der Waals surface area contributed by atoms with E-state index in [4.69, 9.17) is 38.0 Å². The van der Waals surface area contributed by atoms with Crippen LogP contribution in [0.3, 0.4) is 0 Å². The first-order valence-electron chi connectivity index (χ1n) is 10.3. The van der Waals surface area contributed by atoms with Gasteiger partial charge in [-0.15, -0.1) is 0 Å². The summed E-state index contributed by atoms with van der Waals surface area (Å²) in [5, 5.41) is 7.98. The molecule has 0 radical (unpaired) electrons. The van der Waals surface area contributed by atoms with Crippen molar-refractivity contribution in [2.24, 2.45) is 5.10 Å². The Labute approximate surface area is 204 Å². The first-order valence-corrected chi connectivity index (χ1v) is 11.1. The smallest absolute Gasteiger partial charge is 0.191 e. The lowest BCUT2D eigenvalue weighted by Crippen LogP contribution is -2.23. The molecule has 6 nitrogen and oxygen atoms in total. The molecule has 0 saturated heterocycles. The molecule has 0 spiro atoms. The van der Waals surface area contributed by atoms with Crippen molar-refractivity contribution in [2.45, 2.75) is 13.8 Å². The summed E-state index contributed by atoms with van der Waals surface area (Å²) in [4.78, 5) is 0. The monoisotopic (exact) mass is 483 g/mol. The average Bonchev–Trinajstić information content (AvgIpc) is 2.80. The van der Waals surface area contributed by atoms with Crippen LogP contribution in [0.1, 0.15) is 16.7 Å². The molecule has 0 heterocycles. The molecule has 3 rings (SSSR count). The number of benzene rings is 3. The number of thiocarbonyl (C=S) groups is 1. The van der Waals surface area contributed by atoms with Crippen LogP contribution < -0.4 is 25.0 Å². The van der Waals surface area contributed by atoms with Gasteiger partial charge in [-0.25, -0.2) is 0 Å². The van der Waals surface area contributed by atoms with Gasteiger partial charge in [0, 0.05) is 5.69 Å². The lowest BCUT2D eigenvalue weighted by atomic mass is 10.1. The number of hydrogen-bond donors (Lipinski definition) is 2. The number of halogens is 1. The van der Waals surface area contributed by atoms with Crippen LogP contribution in [-0.2, 0) is 0 Å². The van der Waals surface area contributed by atoms with Gasteiger partial charge in [0.1, 0.15) is 19.0 Å². The van der Waals surface area contributed by atoms with Gasteiger partial charge in [-0.2, -0.15) is 5.10 Å². The van der Waals surface area contributed by atoms with Crippen LogP contribution in [0.2, 0.25) is 5.02 Å². The van der Waals surface area contributed by atoms with Crippen molar-refractivity contribution in [3.05, 3.63) is 82.4 Å². The lowest BCUT2D eigenvalue weighted by molar-refractivity contribution is 0.211. The number of nitrogens with zero attached hydrogens (tertiary/aromatic N) is 1. The second-order valence-corrected chi connectivity index (χ2v) is 7.98. The van der Waals surface area contributed by atoms with Crippen molar-refractivity contribution in [1.29, 1.82) is 0 Å². The zero-order valence-electron chi connectivity index (χ0n) is 18.7. The Morgan fingerprint density at radius 1 is 1.00 bits per heavy atom. The van der Waals surface area contributed by atoms with Crippen LogP contribution in [0.15, 0.2) is 65.8 Å². The summed E-state index contributed by atoms with van der Waals surface area (Å²) in [5.74, 6) is 1.76. The maximum Gasteiger partial charge on any atom is 0.191 e. The molecule has 0 aliphatic heterocycles. The van der Waals surface area contributed by atoms with Crippen LogP contribution >= 0.6 is 23.8 Å². The number of aryl methyl sites for hydroxylation is 2. The summed E-state index contributed by atoms with van der Waals surface area (Å²) in [6.45, 7) is 4.81. The molecule has 3 aromatic rings. The van der Waals surface area contributed by atoms with E-state index in [1.165, 1.54) is 11.1 Å². The van der Waals surface area contributed by atoms with Gasteiger partial charge in [0.25, 0.3) is 0 Å². The summed E-state index contributed by atoms with van der Waals surface area (Å²) >= 11 is 11.7. The number of nitrogens with one attached hydrogen (secondary N) is 2. The number of methoxy groups -OCH3 is 1. The van der Waals surface area contributed by atoms with Crippen LogP contribution in [0.4, 0.5) is 5.69 Å². The van der Waals surface area contributed by atoms with E-state index in [9.17, 15) is 0 Å². The fraction of sp³-hybridized carbons (Fsp3) is 0.200. The lowest BCUT2D eigenvalue weighted by Gasteiger charge is -2.14. The molecule has 0 aromatic heterocycles. The Hall–Kier alpha value is -3.29. The first-order chi connectivity index (χ1) is 16.0. The zero-order chi connectivity index (χ0) is 23.6. The largest absolute Gasteiger partial charge is 0.493 e. The van der Waals surface area contributed by atoms with E-state index in [-0.39, 0.29) is 0 Å². The van der Waals surface area contributed by atoms with Crippen molar-refractivity contribution in [3.63, 3.8) is 0 Å². The average molecular weight is 484 g/mol. The minimum absolute atomic E-state index is 0.317. The highest BCUT2D eigenvalue weighted by atomic mass is 35.5. The third kappa shape index (κ3) is 7.37. The molecule has 0 atom stereocenters. The predicted octanol–water partition coefficient (Wildman–Crippen LogP) is 5.74. The molecule has 3 aromatic carbocycles. The summed E-state index contributed by atoms with van der Waals surface area (Å²) in [6.07, 6.45) is 1.60. The minimum atomic E-state index is 0.317. The molecule has 0 fully saturated rings. The van der Waals surface area contributed by atoms with Crippen molar-refractivity contribution in [2.75, 3.05) is 25.6 Å². The summed E-state index contributed by atoms with van der Waals surface area (Å²) < 4.78 is 17.0. The molecule has 172 valence electrons. The molecule has 0 saturated carbocycles. The van der Waals surface area contributed by atoms with E-state index in [2.05, 4.69) is 29.7 Å². The molecule has 8 heteroatoms. The number of para-hydroxylation sites is 1. The standard InChI is InChI=1S/C25H26ClN3O3S/c1-17-9-10-21(13-18(17)2)31-11-12-32-24-22(26)14-19(15-23(24)30-3)16-27-29-25(33)28-20-7-5-4-6-8-20/h4-10,13-16H,11-12H2,1-3H3,(H2,28,29,33)/b27-16-. The van der Waals surface area contributed by atoms with Gasteiger partial charge in [0.15, 0.2) is 16.6 Å². The Morgan fingerprint density at radius 3 is 2.48 bits per heavy atom. The fourth-order valence-electron chi connectivity index (χ4n) is 2.91. The van der Waals surface area contributed by atoms with Gasteiger partial charge in [0.2, 0.25) is 0 Å². The van der Waals surface area contributed by atoms with Gasteiger partial charge in [-0.05, 0) is 79.2 Å². The first kappa shape index (κ1) is 24.4. The van der Waals surface area contributed by atoms with E-state index in [0.717, 1.165) is 17.0 Å². The molecule has 2 N–H and O–H groups in total. The van der Waals surface area contributed by atoms with Crippen molar-refractivity contribution < 1.29 is 14.2 Å². The van der Waals surface area contributed by atoms with Crippen LogP contribution in [0, 0.1) is 13.8 Å². The van der Waals surface area contributed by atoms with E-state index >= 15 is 0 Å². The summed E-state index contributed by atoms with van der Waals surface area (Å²) in [7, 11) is 1.56. The van der Waals surface area contributed by atoms with Gasteiger partial charge >= 0.3 is 0 Å². The highest BCUT2D eigenvalue weighted by molar-refractivity contribution is 7.80. The number of ether oxygens (including phenoxy) is 3. The second-order valence-electron chi connectivity index (χ2n) is 7.17. The molecule has 0 aliphatic carbocycles. The molecule has 0 bridgehead atoms. The van der Waals surface area contributed by atoms with E-state index in [1.807, 2.05) is 48.5 Å². The van der Waals surface area contributed by atoms with Gasteiger partial charge in [-0.1, -0.05) is 35.9 Å².